The van der Waals surface area contributed by atoms with Crippen LogP contribution in [0.1, 0.15) is 39.7 Å². The van der Waals surface area contributed by atoms with E-state index < -0.39 is 28.4 Å². The molecular formula is C31H31N3O6S. The lowest BCUT2D eigenvalue weighted by atomic mass is 10.1. The Morgan fingerprint density at radius 1 is 0.951 bits per heavy atom. The number of aryl methyl sites for hydroxylation is 2. The Bertz CT molecular complexity index is 1670. The Morgan fingerprint density at radius 3 is 2.34 bits per heavy atom. The number of esters is 1. The summed E-state index contributed by atoms with van der Waals surface area (Å²) < 4.78 is 39.1. The summed E-state index contributed by atoms with van der Waals surface area (Å²) in [6.07, 6.45) is 1.32. The second-order valence-corrected chi connectivity index (χ2v) is 11.2. The first-order chi connectivity index (χ1) is 19.6. The number of hydrazone groups is 1. The summed E-state index contributed by atoms with van der Waals surface area (Å²) in [6, 6.07) is 22.0. The van der Waals surface area contributed by atoms with E-state index in [9.17, 15) is 18.0 Å². The molecule has 0 atom stereocenters. The van der Waals surface area contributed by atoms with Crippen LogP contribution in [0.2, 0.25) is 0 Å². The van der Waals surface area contributed by atoms with Crippen molar-refractivity contribution < 1.29 is 27.2 Å². The highest BCUT2D eigenvalue weighted by Crippen LogP contribution is 2.28. The predicted molar refractivity (Wildman–Crippen MR) is 157 cm³/mol. The summed E-state index contributed by atoms with van der Waals surface area (Å²) in [5, 5.41) is 3.96. The lowest BCUT2D eigenvalue weighted by Crippen LogP contribution is -2.40. The topological polar surface area (TPSA) is 118 Å². The number of amides is 1. The van der Waals surface area contributed by atoms with Gasteiger partial charge in [0.1, 0.15) is 18.1 Å². The smallest absolute Gasteiger partial charge is 0.338 e. The van der Waals surface area contributed by atoms with Crippen LogP contribution in [-0.2, 0) is 19.6 Å². The lowest BCUT2D eigenvalue weighted by Gasteiger charge is -2.26. The van der Waals surface area contributed by atoms with E-state index in [0.29, 0.717) is 29.4 Å². The molecule has 0 unspecified atom stereocenters. The second kappa shape index (κ2) is 12.6. The zero-order chi connectivity index (χ0) is 29.6. The fourth-order valence-corrected chi connectivity index (χ4v) is 5.52. The fourth-order valence-electron chi connectivity index (χ4n) is 4.04. The number of sulfonamides is 1. The normalized spacial score (nSPS) is 11.4. The van der Waals surface area contributed by atoms with Gasteiger partial charge in [0.05, 0.1) is 29.0 Å². The van der Waals surface area contributed by atoms with Crippen molar-refractivity contribution in [2.24, 2.45) is 5.10 Å². The Kier molecular flexibility index (Phi) is 9.04. The molecular weight excluding hydrogens is 542 g/mol. The highest BCUT2D eigenvalue weighted by Gasteiger charge is 2.28. The maximum absolute atomic E-state index is 13.6. The van der Waals surface area contributed by atoms with Gasteiger partial charge >= 0.3 is 5.97 Å². The summed E-state index contributed by atoms with van der Waals surface area (Å²) in [5.41, 5.74) is 6.55. The van der Waals surface area contributed by atoms with Gasteiger partial charge in [0, 0.05) is 5.56 Å². The van der Waals surface area contributed by atoms with Gasteiger partial charge in [-0.2, -0.15) is 5.10 Å². The second-order valence-electron chi connectivity index (χ2n) is 9.34. The lowest BCUT2D eigenvalue weighted by molar-refractivity contribution is -0.119. The average molecular weight is 574 g/mol. The molecule has 0 saturated heterocycles. The van der Waals surface area contributed by atoms with E-state index >= 15 is 0 Å². The predicted octanol–water partition coefficient (Wildman–Crippen LogP) is 5.39. The van der Waals surface area contributed by atoms with Crippen LogP contribution in [0.15, 0.2) is 93.3 Å². The highest BCUT2D eigenvalue weighted by atomic mass is 32.2. The molecule has 9 nitrogen and oxygen atoms in total. The fraction of sp³-hybridized carbons (Fsp3) is 0.194. The number of nitrogens with zero attached hydrogens (tertiary/aromatic N) is 2. The molecule has 0 saturated carbocycles. The molecule has 212 valence electrons. The minimum Gasteiger partial charge on any atom is -0.462 e. The maximum Gasteiger partial charge on any atom is 0.338 e. The van der Waals surface area contributed by atoms with E-state index in [1.54, 1.807) is 67.6 Å². The molecule has 4 aromatic rings. The zero-order valence-electron chi connectivity index (χ0n) is 23.2. The van der Waals surface area contributed by atoms with Crippen LogP contribution in [-0.4, -0.2) is 39.7 Å². The molecule has 0 aliphatic heterocycles. The Morgan fingerprint density at radius 2 is 1.66 bits per heavy atom. The molecule has 1 aromatic heterocycles. The van der Waals surface area contributed by atoms with Crippen molar-refractivity contribution >= 4 is 33.8 Å². The number of hydrogen-bond acceptors (Lipinski definition) is 7. The first-order valence-electron chi connectivity index (χ1n) is 12.9. The molecule has 1 N–H and O–H groups in total. The molecule has 0 spiro atoms. The van der Waals surface area contributed by atoms with E-state index in [4.69, 9.17) is 9.15 Å². The third-order valence-corrected chi connectivity index (χ3v) is 8.20. The quantitative estimate of drug-likeness (QED) is 0.154. The minimum absolute atomic E-state index is 0.0821. The van der Waals surface area contributed by atoms with Crippen molar-refractivity contribution in [2.45, 2.75) is 32.6 Å². The van der Waals surface area contributed by atoms with E-state index in [-0.39, 0.29) is 4.90 Å². The van der Waals surface area contributed by atoms with Gasteiger partial charge in [0.25, 0.3) is 15.9 Å². The molecule has 0 radical (unpaired) electrons. The summed E-state index contributed by atoms with van der Waals surface area (Å²) in [6.45, 7) is 7.13. The van der Waals surface area contributed by atoms with Crippen molar-refractivity contribution in [2.75, 3.05) is 17.5 Å². The molecule has 41 heavy (non-hydrogen) atoms. The van der Waals surface area contributed by atoms with Crippen molar-refractivity contribution in [3.63, 3.8) is 0 Å². The Balaban J connectivity index is 1.48. The third kappa shape index (κ3) is 6.90. The van der Waals surface area contributed by atoms with Crippen LogP contribution in [0.5, 0.6) is 0 Å². The zero-order valence-corrected chi connectivity index (χ0v) is 24.1. The van der Waals surface area contributed by atoms with Gasteiger partial charge in [0.2, 0.25) is 0 Å². The molecule has 0 fully saturated rings. The van der Waals surface area contributed by atoms with E-state index in [1.807, 2.05) is 26.8 Å². The van der Waals surface area contributed by atoms with Crippen molar-refractivity contribution in [3.8, 4) is 11.3 Å². The van der Waals surface area contributed by atoms with Gasteiger partial charge in [-0.05, 0) is 81.3 Å². The van der Waals surface area contributed by atoms with Gasteiger partial charge in [-0.3, -0.25) is 9.10 Å². The molecule has 0 aliphatic rings. The molecule has 4 rings (SSSR count). The standard InChI is InChI=1S/C31H31N3O6S/c1-5-39-31(36)25-13-11-24(12-14-25)29-18-15-26(40-29)19-32-33-30(35)20-34(28-8-6-7-22(3)23(28)4)41(37,38)27-16-9-21(2)10-17-27/h6-19H,5,20H2,1-4H3,(H,33,35)/b32-19-. The number of hydrogen-bond donors (Lipinski definition) is 1. The SMILES string of the molecule is CCOC(=O)c1ccc(-c2ccc(/C=N\NC(=O)CN(c3cccc(C)c3C)S(=O)(=O)c3ccc(C)cc3)o2)cc1. The minimum atomic E-state index is -4.05. The van der Waals surface area contributed by atoms with Crippen LogP contribution in [0.25, 0.3) is 11.3 Å². The number of ether oxygens (including phenoxy) is 1. The molecule has 1 amide bonds. The Hall–Kier alpha value is -4.70. The first-order valence-corrected chi connectivity index (χ1v) is 14.4. The van der Waals surface area contributed by atoms with Crippen LogP contribution >= 0.6 is 0 Å². The maximum atomic E-state index is 13.6. The molecule has 0 bridgehead atoms. The Labute approximate surface area is 239 Å². The number of nitrogens with one attached hydrogen (secondary N) is 1. The van der Waals surface area contributed by atoms with Gasteiger partial charge in [0.15, 0.2) is 0 Å². The van der Waals surface area contributed by atoms with Crippen LogP contribution in [0.4, 0.5) is 5.69 Å². The third-order valence-electron chi connectivity index (χ3n) is 6.43. The number of anilines is 1. The monoisotopic (exact) mass is 573 g/mol. The number of carbonyl (C=O) groups excluding carboxylic acids is 2. The highest BCUT2D eigenvalue weighted by molar-refractivity contribution is 7.92. The summed E-state index contributed by atoms with van der Waals surface area (Å²) in [7, 11) is -4.05. The number of carbonyl (C=O) groups is 2. The number of furan rings is 1. The van der Waals surface area contributed by atoms with Gasteiger partial charge in [-0.15, -0.1) is 0 Å². The molecule has 3 aromatic carbocycles. The van der Waals surface area contributed by atoms with Crippen LogP contribution in [0.3, 0.4) is 0 Å². The molecule has 10 heteroatoms. The van der Waals surface area contributed by atoms with E-state index in [0.717, 1.165) is 26.6 Å². The van der Waals surface area contributed by atoms with Gasteiger partial charge < -0.3 is 9.15 Å². The largest absolute Gasteiger partial charge is 0.462 e. The molecule has 1 heterocycles. The van der Waals surface area contributed by atoms with Crippen LogP contribution in [0, 0.1) is 20.8 Å². The van der Waals surface area contributed by atoms with Crippen molar-refractivity contribution in [1.29, 1.82) is 0 Å². The first kappa shape index (κ1) is 29.3. The number of benzene rings is 3. The van der Waals surface area contributed by atoms with Crippen LogP contribution < -0.4 is 9.73 Å². The van der Waals surface area contributed by atoms with E-state index in [1.165, 1.54) is 18.3 Å². The molecule has 0 aliphatic carbocycles. The average Bonchev–Trinajstić information content (AvgIpc) is 3.43. The van der Waals surface area contributed by atoms with Gasteiger partial charge in [-0.1, -0.05) is 42.0 Å². The summed E-state index contributed by atoms with van der Waals surface area (Å²) >= 11 is 0. The van der Waals surface area contributed by atoms with E-state index in [2.05, 4.69) is 10.5 Å². The summed E-state index contributed by atoms with van der Waals surface area (Å²) in [4.78, 5) is 24.8. The van der Waals surface area contributed by atoms with Gasteiger partial charge in [-0.25, -0.2) is 18.6 Å². The number of rotatable bonds is 10. The summed E-state index contributed by atoms with van der Waals surface area (Å²) in [5.74, 6) is -0.115. The van der Waals surface area contributed by atoms with Crippen molar-refractivity contribution in [3.05, 3.63) is 107 Å². The van der Waals surface area contributed by atoms with Crippen molar-refractivity contribution in [1.82, 2.24) is 5.43 Å².